The standard InChI is InChI=1S/C10H9F5/c1-10(2,3)4-5(11)7(13)9(15)8(14)6(4)12/h1-3H3. The third-order valence-electron chi connectivity index (χ3n) is 1.96. The van der Waals surface area contributed by atoms with Gasteiger partial charge in [0.05, 0.1) is 0 Å². The summed E-state index contributed by atoms with van der Waals surface area (Å²) in [4.78, 5) is 0. The molecule has 0 amide bonds. The van der Waals surface area contributed by atoms with Crippen LogP contribution in [0.4, 0.5) is 22.0 Å². The van der Waals surface area contributed by atoms with Gasteiger partial charge in [0.15, 0.2) is 23.3 Å². The zero-order valence-corrected chi connectivity index (χ0v) is 8.39. The van der Waals surface area contributed by atoms with Crippen molar-refractivity contribution in [3.63, 3.8) is 0 Å². The SMILES string of the molecule is CC(C)(C)c1c(F)c(F)c(F)c(F)c1F. The van der Waals surface area contributed by atoms with E-state index in [4.69, 9.17) is 0 Å². The van der Waals surface area contributed by atoms with Gasteiger partial charge in [0.25, 0.3) is 0 Å². The monoisotopic (exact) mass is 224 g/mol. The van der Waals surface area contributed by atoms with E-state index in [2.05, 4.69) is 0 Å². The third-order valence-corrected chi connectivity index (χ3v) is 1.96. The maximum absolute atomic E-state index is 13.2. The molecule has 1 rings (SSSR count). The first-order valence-corrected chi connectivity index (χ1v) is 4.19. The lowest BCUT2D eigenvalue weighted by atomic mass is 9.86. The minimum absolute atomic E-state index is 0.793. The predicted molar refractivity (Wildman–Crippen MR) is 44.9 cm³/mol. The molecule has 0 aliphatic heterocycles. The molecule has 0 heterocycles. The molecule has 0 aromatic heterocycles. The van der Waals surface area contributed by atoms with Crippen molar-refractivity contribution in [2.45, 2.75) is 26.2 Å². The van der Waals surface area contributed by atoms with Crippen LogP contribution in [0.1, 0.15) is 26.3 Å². The van der Waals surface area contributed by atoms with Gasteiger partial charge in [-0.15, -0.1) is 0 Å². The molecule has 0 atom stereocenters. The van der Waals surface area contributed by atoms with Crippen LogP contribution < -0.4 is 0 Å². The van der Waals surface area contributed by atoms with Crippen LogP contribution in [0.2, 0.25) is 0 Å². The van der Waals surface area contributed by atoms with Gasteiger partial charge in [-0.25, -0.2) is 22.0 Å². The fraction of sp³-hybridized carbons (Fsp3) is 0.400. The Balaban J connectivity index is 3.68. The quantitative estimate of drug-likeness (QED) is 0.358. The average Bonchev–Trinajstić information content (AvgIpc) is 2.09. The second-order valence-corrected chi connectivity index (χ2v) is 4.19. The molecule has 1 aromatic carbocycles. The van der Waals surface area contributed by atoms with Crippen molar-refractivity contribution in [2.75, 3.05) is 0 Å². The van der Waals surface area contributed by atoms with E-state index in [0.29, 0.717) is 0 Å². The molecule has 1 aromatic rings. The minimum atomic E-state index is -2.13. The summed E-state index contributed by atoms with van der Waals surface area (Å²) in [5.41, 5.74) is -1.94. The molecule has 5 heteroatoms. The molecular weight excluding hydrogens is 215 g/mol. The Kier molecular flexibility index (Phi) is 2.76. The Morgan fingerprint density at radius 2 is 0.867 bits per heavy atom. The molecule has 0 aliphatic carbocycles. The number of halogens is 5. The second-order valence-electron chi connectivity index (χ2n) is 4.19. The van der Waals surface area contributed by atoms with Gasteiger partial charge in [0.1, 0.15) is 0 Å². The summed E-state index contributed by atoms with van der Waals surface area (Å²) in [6, 6.07) is 0. The van der Waals surface area contributed by atoms with E-state index in [1.54, 1.807) is 0 Å². The van der Waals surface area contributed by atoms with Crippen molar-refractivity contribution < 1.29 is 22.0 Å². The van der Waals surface area contributed by atoms with Crippen LogP contribution in [-0.4, -0.2) is 0 Å². The van der Waals surface area contributed by atoms with E-state index < -0.39 is 40.1 Å². The molecule has 0 saturated carbocycles. The highest BCUT2D eigenvalue weighted by Crippen LogP contribution is 2.32. The van der Waals surface area contributed by atoms with Crippen LogP contribution >= 0.6 is 0 Å². The lowest BCUT2D eigenvalue weighted by Crippen LogP contribution is -2.20. The van der Waals surface area contributed by atoms with Crippen LogP contribution in [0.5, 0.6) is 0 Å². The first kappa shape index (κ1) is 11.9. The van der Waals surface area contributed by atoms with Gasteiger partial charge in [-0.05, 0) is 5.41 Å². The van der Waals surface area contributed by atoms with Crippen LogP contribution in [0.25, 0.3) is 0 Å². The highest BCUT2D eigenvalue weighted by molar-refractivity contribution is 5.29. The van der Waals surface area contributed by atoms with Crippen molar-refractivity contribution in [2.24, 2.45) is 0 Å². The summed E-state index contributed by atoms with van der Waals surface area (Å²) in [5, 5.41) is 0. The molecule has 0 N–H and O–H groups in total. The maximum Gasteiger partial charge on any atom is 0.200 e. The van der Waals surface area contributed by atoms with Gasteiger partial charge in [-0.2, -0.15) is 0 Å². The fourth-order valence-corrected chi connectivity index (χ4v) is 1.26. The largest absolute Gasteiger partial charge is 0.203 e. The first-order valence-electron chi connectivity index (χ1n) is 4.19. The lowest BCUT2D eigenvalue weighted by molar-refractivity contribution is 0.353. The summed E-state index contributed by atoms with van der Waals surface area (Å²) < 4.78 is 64.6. The Hall–Kier alpha value is -1.13. The first-order chi connectivity index (χ1) is 6.68. The lowest BCUT2D eigenvalue weighted by Gasteiger charge is -2.21. The normalized spacial score (nSPS) is 12.0. The van der Waals surface area contributed by atoms with E-state index in [9.17, 15) is 22.0 Å². The fourth-order valence-electron chi connectivity index (χ4n) is 1.26. The molecule has 0 nitrogen and oxygen atoms in total. The molecular formula is C10H9F5. The summed E-state index contributed by atoms with van der Waals surface area (Å²) in [5.74, 6) is -9.46. The summed E-state index contributed by atoms with van der Waals surface area (Å²) in [7, 11) is 0. The van der Waals surface area contributed by atoms with Crippen LogP contribution in [0, 0.1) is 29.1 Å². The molecule has 15 heavy (non-hydrogen) atoms. The molecule has 0 unspecified atom stereocenters. The number of hydrogen-bond donors (Lipinski definition) is 0. The highest BCUT2D eigenvalue weighted by Gasteiger charge is 2.31. The number of rotatable bonds is 0. The van der Waals surface area contributed by atoms with Gasteiger partial charge in [-0.3, -0.25) is 0 Å². The molecule has 0 radical (unpaired) electrons. The van der Waals surface area contributed by atoms with Crippen molar-refractivity contribution in [3.8, 4) is 0 Å². The molecule has 84 valence electrons. The zero-order valence-electron chi connectivity index (χ0n) is 8.39. The highest BCUT2D eigenvalue weighted by atomic mass is 19.2. The van der Waals surface area contributed by atoms with Crippen LogP contribution in [0.15, 0.2) is 0 Å². The Morgan fingerprint density at radius 3 is 1.13 bits per heavy atom. The average molecular weight is 224 g/mol. The van der Waals surface area contributed by atoms with Gasteiger partial charge in [-0.1, -0.05) is 20.8 Å². The Morgan fingerprint density at radius 1 is 0.600 bits per heavy atom. The van der Waals surface area contributed by atoms with Crippen molar-refractivity contribution in [1.82, 2.24) is 0 Å². The zero-order chi connectivity index (χ0) is 12.0. The summed E-state index contributed by atoms with van der Waals surface area (Å²) >= 11 is 0. The van der Waals surface area contributed by atoms with E-state index >= 15 is 0 Å². The van der Waals surface area contributed by atoms with Crippen LogP contribution in [-0.2, 0) is 5.41 Å². The van der Waals surface area contributed by atoms with Crippen molar-refractivity contribution >= 4 is 0 Å². The third kappa shape index (κ3) is 1.82. The molecule has 0 fully saturated rings. The summed E-state index contributed by atoms with van der Waals surface area (Å²) in [6.07, 6.45) is 0. The van der Waals surface area contributed by atoms with E-state index in [1.165, 1.54) is 20.8 Å². The number of hydrogen-bond acceptors (Lipinski definition) is 0. The molecule has 0 saturated heterocycles. The Labute approximate surface area is 83.7 Å². The Bertz CT molecular complexity index is 374. The van der Waals surface area contributed by atoms with E-state index in [0.717, 1.165) is 0 Å². The van der Waals surface area contributed by atoms with Gasteiger partial charge >= 0.3 is 0 Å². The van der Waals surface area contributed by atoms with Crippen molar-refractivity contribution in [3.05, 3.63) is 34.6 Å². The van der Waals surface area contributed by atoms with Gasteiger partial charge in [0, 0.05) is 5.56 Å². The van der Waals surface area contributed by atoms with Gasteiger partial charge < -0.3 is 0 Å². The van der Waals surface area contributed by atoms with E-state index in [-0.39, 0.29) is 0 Å². The van der Waals surface area contributed by atoms with E-state index in [1.807, 2.05) is 0 Å². The molecule has 0 bridgehead atoms. The molecule has 0 aliphatic rings. The topological polar surface area (TPSA) is 0 Å². The smallest absolute Gasteiger partial charge is 0.200 e. The number of benzene rings is 1. The van der Waals surface area contributed by atoms with Crippen LogP contribution in [0.3, 0.4) is 0 Å². The van der Waals surface area contributed by atoms with Crippen molar-refractivity contribution in [1.29, 1.82) is 0 Å². The summed E-state index contributed by atoms with van der Waals surface area (Å²) in [6.45, 7) is 4.10. The minimum Gasteiger partial charge on any atom is -0.203 e. The second kappa shape index (κ2) is 3.47. The van der Waals surface area contributed by atoms with Gasteiger partial charge in [0.2, 0.25) is 5.82 Å². The molecule has 0 spiro atoms. The predicted octanol–water partition coefficient (Wildman–Crippen LogP) is 3.68. The maximum atomic E-state index is 13.2.